The number of halogens is 2. The van der Waals surface area contributed by atoms with Gasteiger partial charge in [-0.1, -0.05) is 23.2 Å². The van der Waals surface area contributed by atoms with Crippen molar-refractivity contribution in [3.05, 3.63) is 28.2 Å². The summed E-state index contributed by atoms with van der Waals surface area (Å²) in [6.07, 6.45) is 0.193. The van der Waals surface area contributed by atoms with Crippen LogP contribution in [0.25, 0.3) is 0 Å². The van der Waals surface area contributed by atoms with Crippen molar-refractivity contribution < 1.29 is 23.8 Å². The number of carbonyl (C=O) groups is 2. The summed E-state index contributed by atoms with van der Waals surface area (Å²) < 4.78 is 15.4. The van der Waals surface area contributed by atoms with E-state index in [2.05, 4.69) is 0 Å². The molecule has 1 heterocycles. The van der Waals surface area contributed by atoms with E-state index < -0.39 is 12.0 Å². The molecule has 2 rings (SSSR count). The molecule has 0 N–H and O–H groups in total. The van der Waals surface area contributed by atoms with Gasteiger partial charge in [0, 0.05) is 25.1 Å². The van der Waals surface area contributed by atoms with Crippen LogP contribution >= 0.6 is 23.2 Å². The van der Waals surface area contributed by atoms with Gasteiger partial charge < -0.3 is 19.1 Å². The summed E-state index contributed by atoms with van der Waals surface area (Å²) in [6.45, 7) is 0.0676. The summed E-state index contributed by atoms with van der Waals surface area (Å²) >= 11 is 11.8. The Labute approximate surface area is 144 Å². The summed E-state index contributed by atoms with van der Waals surface area (Å²) in [4.78, 5) is 25.6. The van der Waals surface area contributed by atoms with Gasteiger partial charge in [0.05, 0.1) is 18.2 Å². The third kappa shape index (κ3) is 4.28. The molecule has 2 atom stereocenters. The number of amides is 1. The van der Waals surface area contributed by atoms with E-state index in [-0.39, 0.29) is 18.6 Å². The molecule has 126 valence electrons. The molecular weight excluding hydrogens is 345 g/mol. The van der Waals surface area contributed by atoms with E-state index in [4.69, 9.17) is 37.4 Å². The van der Waals surface area contributed by atoms with Gasteiger partial charge in [0.15, 0.2) is 6.61 Å². The highest BCUT2D eigenvalue weighted by atomic mass is 35.5. The molecule has 1 aromatic carbocycles. The average Bonchev–Trinajstić information content (AvgIpc) is 2.97. The molecule has 0 aromatic heterocycles. The second kappa shape index (κ2) is 7.86. The lowest BCUT2D eigenvalue weighted by atomic mass is 10.2. The molecule has 0 spiro atoms. The van der Waals surface area contributed by atoms with Crippen LogP contribution in [0.1, 0.15) is 6.42 Å². The maximum Gasteiger partial charge on any atom is 0.328 e. The molecule has 8 heteroatoms. The molecule has 0 saturated carbocycles. The number of benzene rings is 1. The zero-order valence-corrected chi connectivity index (χ0v) is 14.3. The fraction of sp³-hybridized carbons (Fsp3) is 0.467. The van der Waals surface area contributed by atoms with Crippen LogP contribution in [0.2, 0.25) is 10.0 Å². The highest BCUT2D eigenvalue weighted by molar-refractivity contribution is 6.35. The first kappa shape index (κ1) is 17.8. The van der Waals surface area contributed by atoms with Crippen LogP contribution in [0.4, 0.5) is 0 Å². The van der Waals surface area contributed by atoms with Crippen molar-refractivity contribution in [3.63, 3.8) is 0 Å². The van der Waals surface area contributed by atoms with Crippen molar-refractivity contribution in [1.29, 1.82) is 0 Å². The van der Waals surface area contributed by atoms with E-state index in [9.17, 15) is 9.59 Å². The highest BCUT2D eigenvalue weighted by Gasteiger charge is 2.40. The van der Waals surface area contributed by atoms with Crippen LogP contribution in [0, 0.1) is 0 Å². The summed E-state index contributed by atoms with van der Waals surface area (Å²) in [5.74, 6) is -0.463. The van der Waals surface area contributed by atoms with Gasteiger partial charge in [-0.2, -0.15) is 0 Å². The lowest BCUT2D eigenvalue weighted by molar-refractivity contribution is -0.151. The molecule has 1 saturated heterocycles. The number of carbonyl (C=O) groups excluding carboxylic acids is 2. The van der Waals surface area contributed by atoms with E-state index in [1.54, 1.807) is 12.1 Å². The number of methoxy groups -OCH3 is 2. The lowest BCUT2D eigenvalue weighted by Crippen LogP contribution is -2.43. The standard InChI is InChI=1S/C15H17Cl2NO5/c1-21-10-6-12(15(20)22-2)18(7-10)14(19)8-23-13-4-3-9(16)5-11(13)17/h3-5,10,12H,6-8H2,1-2H3/t10-,12-/m1/s1. The van der Waals surface area contributed by atoms with Crippen LogP contribution < -0.4 is 4.74 Å². The van der Waals surface area contributed by atoms with Crippen LogP contribution in [-0.4, -0.2) is 56.3 Å². The smallest absolute Gasteiger partial charge is 0.328 e. The maximum atomic E-state index is 12.4. The molecule has 0 aliphatic carbocycles. The number of esters is 1. The molecule has 1 aromatic rings. The van der Waals surface area contributed by atoms with E-state index >= 15 is 0 Å². The number of likely N-dealkylation sites (tertiary alicyclic amines) is 1. The molecule has 6 nitrogen and oxygen atoms in total. The molecule has 0 radical (unpaired) electrons. The van der Waals surface area contributed by atoms with Gasteiger partial charge in [-0.3, -0.25) is 4.79 Å². The lowest BCUT2D eigenvalue weighted by Gasteiger charge is -2.22. The van der Waals surface area contributed by atoms with Gasteiger partial charge in [0.2, 0.25) is 0 Å². The molecule has 1 amide bonds. The SMILES string of the molecule is COC(=O)[C@H]1C[C@@H](OC)CN1C(=O)COc1ccc(Cl)cc1Cl. The van der Waals surface area contributed by atoms with Gasteiger partial charge in [0.1, 0.15) is 11.8 Å². The summed E-state index contributed by atoms with van der Waals surface area (Å²) in [7, 11) is 2.83. The second-order valence-electron chi connectivity index (χ2n) is 5.04. The molecule has 23 heavy (non-hydrogen) atoms. The Balaban J connectivity index is 2.02. The summed E-state index contributed by atoms with van der Waals surface area (Å²) in [5, 5.41) is 0.785. The molecule has 0 unspecified atom stereocenters. The quantitative estimate of drug-likeness (QED) is 0.751. The van der Waals surface area contributed by atoms with Gasteiger partial charge in [0.25, 0.3) is 5.91 Å². The Morgan fingerprint density at radius 1 is 1.30 bits per heavy atom. The van der Waals surface area contributed by atoms with E-state index in [0.29, 0.717) is 28.8 Å². The fourth-order valence-electron chi connectivity index (χ4n) is 2.42. The summed E-state index contributed by atoms with van der Waals surface area (Å²) in [5.41, 5.74) is 0. The Morgan fingerprint density at radius 2 is 2.04 bits per heavy atom. The van der Waals surface area contributed by atoms with Crippen LogP contribution in [0.15, 0.2) is 18.2 Å². The van der Waals surface area contributed by atoms with Gasteiger partial charge in [-0.15, -0.1) is 0 Å². The highest BCUT2D eigenvalue weighted by Crippen LogP contribution is 2.28. The molecule has 1 aliphatic heterocycles. The predicted molar refractivity (Wildman–Crippen MR) is 84.9 cm³/mol. The third-order valence-electron chi connectivity index (χ3n) is 3.63. The Morgan fingerprint density at radius 3 is 2.65 bits per heavy atom. The summed E-state index contributed by atoms with van der Waals surface area (Å²) in [6, 6.07) is 4.05. The predicted octanol–water partition coefficient (Wildman–Crippen LogP) is 2.16. The van der Waals surface area contributed by atoms with Crippen LogP contribution in [-0.2, 0) is 19.1 Å². The Bertz CT molecular complexity index is 595. The first-order valence-corrected chi connectivity index (χ1v) is 7.69. The normalized spacial score (nSPS) is 20.4. The monoisotopic (exact) mass is 361 g/mol. The minimum Gasteiger partial charge on any atom is -0.482 e. The zero-order chi connectivity index (χ0) is 17.0. The van der Waals surface area contributed by atoms with Crippen LogP contribution in [0.3, 0.4) is 0 Å². The Hall–Kier alpha value is -1.50. The number of hydrogen-bond acceptors (Lipinski definition) is 5. The van der Waals surface area contributed by atoms with Gasteiger partial charge in [-0.25, -0.2) is 4.79 Å². The van der Waals surface area contributed by atoms with Gasteiger partial charge in [-0.05, 0) is 18.2 Å². The molecule has 1 fully saturated rings. The van der Waals surface area contributed by atoms with Crippen molar-refractivity contribution in [1.82, 2.24) is 4.90 Å². The number of ether oxygens (including phenoxy) is 3. The largest absolute Gasteiger partial charge is 0.482 e. The van der Waals surface area contributed by atoms with E-state index in [1.165, 1.54) is 25.2 Å². The first-order chi connectivity index (χ1) is 11.0. The molecule has 0 bridgehead atoms. The second-order valence-corrected chi connectivity index (χ2v) is 5.89. The average molecular weight is 362 g/mol. The van der Waals surface area contributed by atoms with Crippen molar-refractivity contribution in [2.24, 2.45) is 0 Å². The minimum absolute atomic E-state index is 0.206. The van der Waals surface area contributed by atoms with Crippen molar-refractivity contribution >= 4 is 35.1 Å². The topological polar surface area (TPSA) is 65.1 Å². The number of hydrogen-bond donors (Lipinski definition) is 0. The van der Waals surface area contributed by atoms with Crippen molar-refractivity contribution in [2.75, 3.05) is 27.4 Å². The Kier molecular flexibility index (Phi) is 6.10. The first-order valence-electron chi connectivity index (χ1n) is 6.94. The zero-order valence-electron chi connectivity index (χ0n) is 12.8. The van der Waals surface area contributed by atoms with Gasteiger partial charge >= 0.3 is 5.97 Å². The van der Waals surface area contributed by atoms with Crippen molar-refractivity contribution in [2.45, 2.75) is 18.6 Å². The third-order valence-corrected chi connectivity index (χ3v) is 4.17. The minimum atomic E-state index is -0.665. The van der Waals surface area contributed by atoms with Crippen LogP contribution in [0.5, 0.6) is 5.75 Å². The fourth-order valence-corrected chi connectivity index (χ4v) is 2.88. The maximum absolute atomic E-state index is 12.4. The van der Waals surface area contributed by atoms with E-state index in [1.807, 2.05) is 0 Å². The molecule has 1 aliphatic rings. The number of rotatable bonds is 5. The molecular formula is C15H17Cl2NO5. The van der Waals surface area contributed by atoms with E-state index in [0.717, 1.165) is 0 Å². The number of nitrogens with zero attached hydrogens (tertiary/aromatic N) is 1. The van der Waals surface area contributed by atoms with Crippen molar-refractivity contribution in [3.8, 4) is 5.75 Å².